The quantitative estimate of drug-likeness (QED) is 0.600. The molecule has 0 aliphatic carbocycles. The van der Waals surface area contributed by atoms with Crippen molar-refractivity contribution in [1.29, 1.82) is 0 Å². The van der Waals surface area contributed by atoms with Gasteiger partial charge in [-0.2, -0.15) is 0 Å². The van der Waals surface area contributed by atoms with Gasteiger partial charge in [0.1, 0.15) is 17.3 Å². The predicted molar refractivity (Wildman–Crippen MR) is 69.4 cm³/mol. The van der Waals surface area contributed by atoms with E-state index in [9.17, 15) is 0 Å². The standard InChI is InChI=1S/C11H17Cl2N3/c1-4-5-8(2)16(3)11-9(6-12)10(13)14-7-15-11/h7-8H,4-6H2,1-3H3. The maximum Gasteiger partial charge on any atom is 0.138 e. The Morgan fingerprint density at radius 2 is 2.12 bits per heavy atom. The van der Waals surface area contributed by atoms with Gasteiger partial charge in [0.05, 0.1) is 5.88 Å². The molecule has 0 N–H and O–H groups in total. The number of hydrogen-bond acceptors (Lipinski definition) is 3. The fraction of sp³-hybridized carbons (Fsp3) is 0.636. The average Bonchev–Trinajstić information content (AvgIpc) is 2.28. The highest BCUT2D eigenvalue weighted by atomic mass is 35.5. The molecule has 0 radical (unpaired) electrons. The zero-order chi connectivity index (χ0) is 12.1. The predicted octanol–water partition coefficient (Wildman–Crippen LogP) is 3.49. The smallest absolute Gasteiger partial charge is 0.138 e. The molecule has 0 saturated carbocycles. The summed E-state index contributed by atoms with van der Waals surface area (Å²) in [5.74, 6) is 1.16. The number of nitrogens with zero attached hydrogens (tertiary/aromatic N) is 3. The van der Waals surface area contributed by atoms with E-state index >= 15 is 0 Å². The highest BCUT2D eigenvalue weighted by Gasteiger charge is 2.16. The van der Waals surface area contributed by atoms with Crippen LogP contribution in [0.5, 0.6) is 0 Å². The van der Waals surface area contributed by atoms with E-state index in [2.05, 4.69) is 28.7 Å². The van der Waals surface area contributed by atoms with Gasteiger partial charge < -0.3 is 4.90 Å². The van der Waals surface area contributed by atoms with Crippen LogP contribution in [0.25, 0.3) is 0 Å². The van der Waals surface area contributed by atoms with E-state index in [-0.39, 0.29) is 0 Å². The molecule has 0 bridgehead atoms. The Balaban J connectivity index is 2.98. The molecule has 1 heterocycles. The molecule has 90 valence electrons. The fourth-order valence-electron chi connectivity index (χ4n) is 1.62. The van der Waals surface area contributed by atoms with Crippen LogP contribution in [-0.4, -0.2) is 23.1 Å². The number of rotatable bonds is 5. The second-order valence-corrected chi connectivity index (χ2v) is 4.47. The van der Waals surface area contributed by atoms with Crippen molar-refractivity contribution in [3.63, 3.8) is 0 Å². The van der Waals surface area contributed by atoms with Gasteiger partial charge in [-0.15, -0.1) is 11.6 Å². The minimum Gasteiger partial charge on any atom is -0.357 e. The molecule has 1 rings (SSSR count). The van der Waals surface area contributed by atoms with Gasteiger partial charge >= 0.3 is 0 Å². The molecule has 0 saturated heterocycles. The molecule has 5 heteroatoms. The van der Waals surface area contributed by atoms with Gasteiger partial charge in [0.25, 0.3) is 0 Å². The summed E-state index contributed by atoms with van der Waals surface area (Å²) in [5.41, 5.74) is 0.802. The molecule has 3 nitrogen and oxygen atoms in total. The Bertz CT molecular complexity index is 344. The Labute approximate surface area is 107 Å². The van der Waals surface area contributed by atoms with Gasteiger partial charge in [-0.05, 0) is 13.3 Å². The number of hydrogen-bond donors (Lipinski definition) is 0. The van der Waals surface area contributed by atoms with E-state index in [1.165, 1.54) is 6.33 Å². The number of alkyl halides is 1. The lowest BCUT2D eigenvalue weighted by Gasteiger charge is -2.27. The first-order chi connectivity index (χ1) is 7.61. The SMILES string of the molecule is CCCC(C)N(C)c1ncnc(Cl)c1CCl. The van der Waals surface area contributed by atoms with Crippen LogP contribution in [0.4, 0.5) is 5.82 Å². The average molecular weight is 262 g/mol. The van der Waals surface area contributed by atoms with E-state index < -0.39 is 0 Å². The molecule has 0 amide bonds. The number of anilines is 1. The highest BCUT2D eigenvalue weighted by Crippen LogP contribution is 2.26. The van der Waals surface area contributed by atoms with Crippen LogP contribution in [-0.2, 0) is 5.88 Å². The summed E-state index contributed by atoms with van der Waals surface area (Å²) in [5, 5.41) is 0.440. The fourth-order valence-corrected chi connectivity index (χ4v) is 2.13. The largest absolute Gasteiger partial charge is 0.357 e. The Morgan fingerprint density at radius 1 is 1.44 bits per heavy atom. The molecule has 0 aromatic carbocycles. The van der Waals surface area contributed by atoms with E-state index in [0.29, 0.717) is 17.1 Å². The monoisotopic (exact) mass is 261 g/mol. The molecule has 0 aliphatic rings. The molecular weight excluding hydrogens is 245 g/mol. The molecule has 16 heavy (non-hydrogen) atoms. The van der Waals surface area contributed by atoms with Gasteiger partial charge in [0.2, 0.25) is 0 Å². The minimum absolute atomic E-state index is 0.332. The van der Waals surface area contributed by atoms with Gasteiger partial charge in [-0.25, -0.2) is 9.97 Å². The molecule has 1 unspecified atom stereocenters. The Kier molecular flexibility index (Phi) is 5.29. The third kappa shape index (κ3) is 2.98. The van der Waals surface area contributed by atoms with Crippen molar-refractivity contribution < 1.29 is 0 Å². The van der Waals surface area contributed by atoms with Crippen LogP contribution in [0.1, 0.15) is 32.3 Å². The molecule has 1 atom stereocenters. The van der Waals surface area contributed by atoms with Gasteiger partial charge in [0, 0.05) is 18.7 Å². The third-order valence-electron chi connectivity index (χ3n) is 2.71. The van der Waals surface area contributed by atoms with Crippen LogP contribution in [0.3, 0.4) is 0 Å². The van der Waals surface area contributed by atoms with Gasteiger partial charge in [-0.3, -0.25) is 0 Å². The van der Waals surface area contributed by atoms with E-state index in [4.69, 9.17) is 23.2 Å². The van der Waals surface area contributed by atoms with Crippen LogP contribution < -0.4 is 4.90 Å². The lowest BCUT2D eigenvalue weighted by atomic mass is 10.1. The van der Waals surface area contributed by atoms with E-state index in [0.717, 1.165) is 24.2 Å². The second kappa shape index (κ2) is 6.26. The zero-order valence-corrected chi connectivity index (χ0v) is 11.4. The van der Waals surface area contributed by atoms with Gasteiger partial charge in [-0.1, -0.05) is 24.9 Å². The molecule has 0 spiro atoms. The van der Waals surface area contributed by atoms with Crippen molar-refractivity contribution in [2.24, 2.45) is 0 Å². The molecular formula is C11H17Cl2N3. The molecule has 0 fully saturated rings. The van der Waals surface area contributed by atoms with Crippen molar-refractivity contribution in [1.82, 2.24) is 9.97 Å². The maximum absolute atomic E-state index is 5.99. The highest BCUT2D eigenvalue weighted by molar-refractivity contribution is 6.31. The summed E-state index contributed by atoms with van der Waals surface area (Å²) >= 11 is 11.9. The topological polar surface area (TPSA) is 29.0 Å². The van der Waals surface area contributed by atoms with Crippen molar-refractivity contribution in [3.8, 4) is 0 Å². The Morgan fingerprint density at radius 3 is 2.69 bits per heavy atom. The first-order valence-corrected chi connectivity index (χ1v) is 6.31. The van der Waals surface area contributed by atoms with E-state index in [1.54, 1.807) is 0 Å². The molecule has 1 aromatic heterocycles. The van der Waals surface area contributed by atoms with Crippen LogP contribution >= 0.6 is 23.2 Å². The summed E-state index contributed by atoms with van der Waals surface area (Å²) in [6, 6.07) is 0.415. The number of halogens is 2. The number of aromatic nitrogens is 2. The van der Waals surface area contributed by atoms with Crippen molar-refractivity contribution in [2.75, 3.05) is 11.9 Å². The van der Waals surface area contributed by atoms with Crippen molar-refractivity contribution in [3.05, 3.63) is 17.0 Å². The summed E-state index contributed by atoms with van der Waals surface area (Å²) in [6.07, 6.45) is 3.73. The third-order valence-corrected chi connectivity index (χ3v) is 3.30. The lowest BCUT2D eigenvalue weighted by Crippen LogP contribution is -2.30. The maximum atomic E-state index is 5.99. The van der Waals surface area contributed by atoms with Crippen LogP contribution in [0.15, 0.2) is 6.33 Å². The lowest BCUT2D eigenvalue weighted by molar-refractivity contribution is 0.609. The normalized spacial score (nSPS) is 12.6. The summed E-state index contributed by atoms with van der Waals surface area (Å²) in [7, 11) is 2.01. The van der Waals surface area contributed by atoms with Crippen molar-refractivity contribution in [2.45, 2.75) is 38.6 Å². The first kappa shape index (κ1) is 13.5. The van der Waals surface area contributed by atoms with Crippen molar-refractivity contribution >= 4 is 29.0 Å². The van der Waals surface area contributed by atoms with E-state index in [1.807, 2.05) is 7.05 Å². The van der Waals surface area contributed by atoms with Gasteiger partial charge in [0.15, 0.2) is 0 Å². The minimum atomic E-state index is 0.332. The summed E-state index contributed by atoms with van der Waals surface area (Å²) in [4.78, 5) is 10.3. The second-order valence-electron chi connectivity index (χ2n) is 3.85. The van der Waals surface area contributed by atoms with Crippen LogP contribution in [0, 0.1) is 0 Å². The molecule has 0 aliphatic heterocycles. The summed E-state index contributed by atoms with van der Waals surface area (Å²) in [6.45, 7) is 4.33. The molecule has 1 aromatic rings. The zero-order valence-electron chi connectivity index (χ0n) is 9.87. The summed E-state index contributed by atoms with van der Waals surface area (Å²) < 4.78 is 0. The first-order valence-electron chi connectivity index (χ1n) is 5.40. The Hall–Kier alpha value is -0.540. The van der Waals surface area contributed by atoms with Crippen LogP contribution in [0.2, 0.25) is 5.15 Å².